The number of aliphatic hydroxyl groups excluding tert-OH is 1. The van der Waals surface area contributed by atoms with Gasteiger partial charge in [-0.25, -0.2) is 18.2 Å². The third-order valence-corrected chi connectivity index (χ3v) is 11.8. The summed E-state index contributed by atoms with van der Waals surface area (Å²) >= 11 is 1.33. The number of aliphatic hydroxyl groups is 1. The number of carbonyl (C=O) groups is 3. The second-order valence-electron chi connectivity index (χ2n) is 13.6. The molecule has 3 amide bonds. The number of thiazole rings is 1. The van der Waals surface area contributed by atoms with Gasteiger partial charge in [0.25, 0.3) is 0 Å². The van der Waals surface area contributed by atoms with Gasteiger partial charge in [0.2, 0.25) is 15.9 Å². The standard InChI is InChI=1S/C37H50N6O8S2/c1-6-26(4)35(43-17-16-41(37(43)47)21-30-24-52-34(39-30)23-51-27(5)44)36(46)40-32(18-28-10-8-7-9-11-28)33(45)22-42(20-25(2)3)53(49,50)31-14-12-29(13-15-31)19-38-48/h7-15,19,24-26,32-33,35,45,48H,6,16-18,20-23H2,1-5H3,(H,40,46)/t26-,32-,33-,35-/m0/s1. The lowest BCUT2D eigenvalue weighted by atomic mass is 9.95. The molecule has 3 N–H and O–H groups in total. The Labute approximate surface area is 315 Å². The van der Waals surface area contributed by atoms with Gasteiger partial charge in [0.15, 0.2) is 0 Å². The number of amides is 3. The van der Waals surface area contributed by atoms with Crippen molar-refractivity contribution in [2.24, 2.45) is 17.0 Å². The number of nitrogens with one attached hydrogen (secondary N) is 1. The number of ether oxygens (including phenoxy) is 1. The number of urea groups is 1. The van der Waals surface area contributed by atoms with Gasteiger partial charge in [-0.1, -0.05) is 81.7 Å². The molecule has 0 radical (unpaired) electrons. The van der Waals surface area contributed by atoms with Gasteiger partial charge in [0.1, 0.15) is 17.7 Å². The zero-order chi connectivity index (χ0) is 38.7. The quantitative estimate of drug-likeness (QED) is 0.0700. The van der Waals surface area contributed by atoms with Crippen LogP contribution in [0, 0.1) is 11.8 Å². The van der Waals surface area contributed by atoms with E-state index < -0.39 is 40.1 Å². The molecule has 0 saturated carbocycles. The molecule has 4 atom stereocenters. The molecule has 2 aromatic carbocycles. The number of sulfonamides is 1. The first-order valence-electron chi connectivity index (χ1n) is 17.7. The van der Waals surface area contributed by atoms with Crippen LogP contribution < -0.4 is 5.32 Å². The van der Waals surface area contributed by atoms with Crippen molar-refractivity contribution < 1.29 is 37.9 Å². The molecule has 2 heterocycles. The largest absolute Gasteiger partial charge is 0.458 e. The van der Waals surface area contributed by atoms with Crippen LogP contribution in [-0.4, -0.2) is 106 Å². The highest BCUT2D eigenvalue weighted by molar-refractivity contribution is 7.89. The average molecular weight is 771 g/mol. The van der Waals surface area contributed by atoms with E-state index in [4.69, 9.17) is 9.94 Å². The van der Waals surface area contributed by atoms with Crippen molar-refractivity contribution in [1.82, 2.24) is 24.4 Å². The molecule has 16 heteroatoms. The minimum atomic E-state index is -4.08. The third-order valence-electron chi connectivity index (χ3n) is 9.04. The summed E-state index contributed by atoms with van der Waals surface area (Å²) < 4.78 is 34.1. The summed E-state index contributed by atoms with van der Waals surface area (Å²) in [4.78, 5) is 47.0. The van der Waals surface area contributed by atoms with Gasteiger partial charge in [0, 0.05) is 38.5 Å². The fourth-order valence-electron chi connectivity index (χ4n) is 6.16. The summed E-state index contributed by atoms with van der Waals surface area (Å²) in [5.74, 6) is -1.16. The minimum Gasteiger partial charge on any atom is -0.458 e. The number of oxime groups is 1. The Morgan fingerprint density at radius 3 is 2.42 bits per heavy atom. The fraction of sp³-hybridized carbons (Fsp3) is 0.486. The molecule has 4 rings (SSSR count). The Morgan fingerprint density at radius 2 is 1.79 bits per heavy atom. The molecule has 0 spiro atoms. The molecule has 3 aromatic rings. The van der Waals surface area contributed by atoms with E-state index in [0.717, 1.165) is 5.56 Å². The summed E-state index contributed by atoms with van der Waals surface area (Å²) in [6.07, 6.45) is 0.686. The lowest BCUT2D eigenvalue weighted by Crippen LogP contribution is -2.57. The van der Waals surface area contributed by atoms with Crippen molar-refractivity contribution in [2.45, 2.75) is 83.7 Å². The Morgan fingerprint density at radius 1 is 1.09 bits per heavy atom. The molecule has 0 bridgehead atoms. The molecular formula is C37H50N6O8S2. The smallest absolute Gasteiger partial charge is 0.321 e. The highest BCUT2D eigenvalue weighted by Gasteiger charge is 2.41. The lowest BCUT2D eigenvalue weighted by molar-refractivity contribution is -0.142. The monoisotopic (exact) mass is 770 g/mol. The number of rotatable bonds is 19. The fourth-order valence-corrected chi connectivity index (χ4v) is 8.48. The molecule has 1 fully saturated rings. The number of hydrogen-bond donors (Lipinski definition) is 3. The molecule has 288 valence electrons. The van der Waals surface area contributed by atoms with Crippen LogP contribution in [0.2, 0.25) is 0 Å². The number of esters is 1. The maximum atomic E-state index is 14.3. The molecule has 53 heavy (non-hydrogen) atoms. The van der Waals surface area contributed by atoms with Crippen LogP contribution in [0.3, 0.4) is 0 Å². The second kappa shape index (κ2) is 19.1. The highest BCUT2D eigenvalue weighted by atomic mass is 32.2. The van der Waals surface area contributed by atoms with Gasteiger partial charge < -0.3 is 30.2 Å². The van der Waals surface area contributed by atoms with Gasteiger partial charge in [-0.15, -0.1) is 11.3 Å². The van der Waals surface area contributed by atoms with Gasteiger partial charge >= 0.3 is 12.0 Å². The SMILES string of the molecule is CC[C@H](C)[C@@H](C(=O)N[C@@H](Cc1ccccc1)[C@@H](O)CN(CC(C)C)S(=O)(=O)c1ccc(C=NO)cc1)N1CCN(Cc2csc(COC(C)=O)n2)C1=O. The maximum Gasteiger partial charge on any atom is 0.321 e. The zero-order valence-corrected chi connectivity index (χ0v) is 32.4. The van der Waals surface area contributed by atoms with Crippen molar-refractivity contribution in [3.05, 3.63) is 81.8 Å². The Kier molecular flexibility index (Phi) is 14.9. The third kappa shape index (κ3) is 11.3. The lowest BCUT2D eigenvalue weighted by Gasteiger charge is -2.35. The van der Waals surface area contributed by atoms with Gasteiger partial charge in [-0.2, -0.15) is 4.31 Å². The number of aromatic nitrogens is 1. The topological polar surface area (TPSA) is 182 Å². The molecular weight excluding hydrogens is 721 g/mol. The Balaban J connectivity index is 1.56. The van der Waals surface area contributed by atoms with E-state index in [1.54, 1.807) is 9.80 Å². The summed E-state index contributed by atoms with van der Waals surface area (Å²) in [6.45, 7) is 9.71. The number of nitrogens with zero attached hydrogens (tertiary/aromatic N) is 5. The molecule has 0 unspecified atom stereocenters. The molecule has 1 aliphatic rings. The van der Waals surface area contributed by atoms with Crippen LogP contribution in [0.15, 0.2) is 70.0 Å². The van der Waals surface area contributed by atoms with Gasteiger partial charge in [0.05, 0.1) is 35.5 Å². The van der Waals surface area contributed by atoms with Crippen LogP contribution in [0.1, 0.15) is 62.9 Å². The number of carbonyl (C=O) groups excluding carboxylic acids is 3. The first kappa shape index (κ1) is 41.4. The Hall–Kier alpha value is -4.38. The highest BCUT2D eigenvalue weighted by Crippen LogP contribution is 2.25. The average Bonchev–Trinajstić information content (AvgIpc) is 3.73. The van der Waals surface area contributed by atoms with Crippen molar-refractivity contribution in [3.63, 3.8) is 0 Å². The molecule has 1 saturated heterocycles. The van der Waals surface area contributed by atoms with E-state index in [1.807, 2.05) is 63.4 Å². The summed E-state index contributed by atoms with van der Waals surface area (Å²) in [7, 11) is -4.08. The van der Waals surface area contributed by atoms with E-state index in [9.17, 15) is 27.9 Å². The number of hydrogen-bond acceptors (Lipinski definition) is 11. The van der Waals surface area contributed by atoms with Crippen LogP contribution in [-0.2, 0) is 43.9 Å². The summed E-state index contributed by atoms with van der Waals surface area (Å²) in [6, 6.07) is 13.1. The van der Waals surface area contributed by atoms with Crippen LogP contribution >= 0.6 is 11.3 Å². The predicted octanol–water partition coefficient (Wildman–Crippen LogP) is 4.10. The van der Waals surface area contributed by atoms with Crippen molar-refractivity contribution in [1.29, 1.82) is 0 Å². The first-order chi connectivity index (χ1) is 25.2. The normalized spacial score (nSPS) is 16.0. The van der Waals surface area contributed by atoms with E-state index in [-0.39, 0.29) is 55.4 Å². The van der Waals surface area contributed by atoms with Crippen molar-refractivity contribution >= 4 is 45.5 Å². The number of benzene rings is 2. The van der Waals surface area contributed by atoms with Crippen LogP contribution in [0.25, 0.3) is 0 Å². The van der Waals surface area contributed by atoms with E-state index >= 15 is 0 Å². The molecule has 0 aliphatic carbocycles. The van der Waals surface area contributed by atoms with Crippen molar-refractivity contribution in [3.8, 4) is 0 Å². The Bertz CT molecular complexity index is 1800. The van der Waals surface area contributed by atoms with Crippen molar-refractivity contribution in [2.75, 3.05) is 26.2 Å². The zero-order valence-electron chi connectivity index (χ0n) is 30.8. The maximum absolute atomic E-state index is 14.3. The summed E-state index contributed by atoms with van der Waals surface area (Å²) in [5.41, 5.74) is 1.99. The van der Waals surface area contributed by atoms with Gasteiger partial charge in [-0.05, 0) is 41.5 Å². The minimum absolute atomic E-state index is 0.0105. The second-order valence-corrected chi connectivity index (χ2v) is 16.5. The van der Waals surface area contributed by atoms with Crippen LogP contribution in [0.4, 0.5) is 4.79 Å². The molecule has 1 aliphatic heterocycles. The van der Waals surface area contributed by atoms with E-state index in [0.29, 0.717) is 35.8 Å². The summed E-state index contributed by atoms with van der Waals surface area (Å²) in [5, 5.41) is 29.1. The first-order valence-corrected chi connectivity index (χ1v) is 20.0. The molecule has 1 aromatic heterocycles. The molecule has 14 nitrogen and oxygen atoms in total. The van der Waals surface area contributed by atoms with E-state index in [1.165, 1.54) is 53.0 Å². The van der Waals surface area contributed by atoms with Gasteiger partial charge in [-0.3, -0.25) is 9.59 Å². The predicted molar refractivity (Wildman–Crippen MR) is 201 cm³/mol. The van der Waals surface area contributed by atoms with Crippen LogP contribution in [0.5, 0.6) is 0 Å². The van der Waals surface area contributed by atoms with E-state index in [2.05, 4.69) is 15.5 Å².